The Morgan fingerprint density at radius 1 is 1.23 bits per heavy atom. The molecule has 0 radical (unpaired) electrons. The van der Waals surface area contributed by atoms with E-state index >= 15 is 0 Å². The zero-order valence-electron chi connectivity index (χ0n) is 13.7. The third-order valence-electron chi connectivity index (χ3n) is 3.83. The Kier molecular flexibility index (Phi) is 5.75. The zero-order chi connectivity index (χ0) is 16.1. The fraction of sp³-hybridized carbons (Fsp3) is 0.389. The highest BCUT2D eigenvalue weighted by Gasteiger charge is 2.16. The number of carbonyl (C=O) groups is 1. The summed E-state index contributed by atoms with van der Waals surface area (Å²) >= 11 is 1.67. The van der Waals surface area contributed by atoms with Crippen LogP contribution in [0.3, 0.4) is 0 Å². The molecule has 22 heavy (non-hydrogen) atoms. The van der Waals surface area contributed by atoms with Crippen molar-refractivity contribution in [2.24, 2.45) is 0 Å². The van der Waals surface area contributed by atoms with Crippen LogP contribution in [0, 0.1) is 13.8 Å². The van der Waals surface area contributed by atoms with Crippen molar-refractivity contribution in [3.05, 3.63) is 57.3 Å². The molecule has 0 spiro atoms. The monoisotopic (exact) mass is 316 g/mol. The molecule has 2 aromatic rings. The fourth-order valence-corrected chi connectivity index (χ4v) is 3.41. The summed E-state index contributed by atoms with van der Waals surface area (Å²) in [6, 6.07) is 12.6. The van der Waals surface area contributed by atoms with Crippen molar-refractivity contribution < 1.29 is 4.79 Å². The minimum Gasteiger partial charge on any atom is -0.350 e. The number of nitrogens with zero attached hydrogens (tertiary/aromatic N) is 1. The van der Waals surface area contributed by atoms with Gasteiger partial charge < -0.3 is 10.2 Å². The molecule has 0 saturated heterocycles. The van der Waals surface area contributed by atoms with E-state index in [0.717, 1.165) is 16.9 Å². The van der Waals surface area contributed by atoms with Gasteiger partial charge in [-0.15, -0.1) is 11.3 Å². The molecule has 1 N–H and O–H groups in total. The Balaban J connectivity index is 1.97. The second-order valence-corrected chi connectivity index (χ2v) is 7.30. The van der Waals surface area contributed by atoms with Gasteiger partial charge >= 0.3 is 0 Å². The van der Waals surface area contributed by atoms with Crippen molar-refractivity contribution in [2.45, 2.75) is 26.3 Å². The van der Waals surface area contributed by atoms with Gasteiger partial charge in [0.1, 0.15) is 0 Å². The van der Waals surface area contributed by atoms with Gasteiger partial charge in [-0.25, -0.2) is 0 Å². The van der Waals surface area contributed by atoms with Crippen LogP contribution in [0.2, 0.25) is 0 Å². The van der Waals surface area contributed by atoms with Gasteiger partial charge in [-0.05, 0) is 46.0 Å². The number of aryl methyl sites for hydroxylation is 2. The van der Waals surface area contributed by atoms with Gasteiger partial charge in [-0.3, -0.25) is 4.79 Å². The molecule has 0 aliphatic heterocycles. The molecule has 0 fully saturated rings. The van der Waals surface area contributed by atoms with Crippen LogP contribution in [0.4, 0.5) is 0 Å². The van der Waals surface area contributed by atoms with Crippen LogP contribution >= 0.6 is 11.3 Å². The second kappa shape index (κ2) is 7.56. The van der Waals surface area contributed by atoms with Gasteiger partial charge in [0.2, 0.25) is 0 Å². The number of likely N-dealkylation sites (N-methyl/N-ethyl adjacent to an activating group) is 1. The first-order valence-corrected chi connectivity index (χ1v) is 8.34. The van der Waals surface area contributed by atoms with E-state index in [2.05, 4.69) is 48.6 Å². The first kappa shape index (κ1) is 16.7. The zero-order valence-corrected chi connectivity index (χ0v) is 14.5. The number of amides is 1. The molecular formula is C18H24N2OS. The SMILES string of the molecule is Cc1cc(C(=O)NCC(Cc2ccccc2)N(C)C)c(C)s1. The van der Waals surface area contributed by atoms with Gasteiger partial charge in [-0.2, -0.15) is 0 Å². The molecular weight excluding hydrogens is 292 g/mol. The molecule has 1 aromatic heterocycles. The van der Waals surface area contributed by atoms with Gasteiger partial charge in [0.15, 0.2) is 0 Å². The van der Waals surface area contributed by atoms with Crippen LogP contribution in [0.5, 0.6) is 0 Å². The molecule has 0 bridgehead atoms. The van der Waals surface area contributed by atoms with E-state index in [-0.39, 0.29) is 11.9 Å². The number of rotatable bonds is 6. The lowest BCUT2D eigenvalue weighted by Crippen LogP contribution is -2.41. The molecule has 1 atom stereocenters. The first-order valence-electron chi connectivity index (χ1n) is 7.53. The molecule has 1 amide bonds. The Bertz CT molecular complexity index is 619. The lowest BCUT2D eigenvalue weighted by molar-refractivity contribution is 0.0941. The summed E-state index contributed by atoms with van der Waals surface area (Å²) in [4.78, 5) is 16.8. The minimum absolute atomic E-state index is 0.0294. The van der Waals surface area contributed by atoms with E-state index in [1.165, 1.54) is 10.4 Å². The molecule has 0 saturated carbocycles. The largest absolute Gasteiger partial charge is 0.350 e. The van der Waals surface area contributed by atoms with E-state index in [0.29, 0.717) is 6.54 Å². The third-order valence-corrected chi connectivity index (χ3v) is 4.79. The summed E-state index contributed by atoms with van der Waals surface area (Å²) in [6.07, 6.45) is 0.926. The van der Waals surface area contributed by atoms with Crippen molar-refractivity contribution in [3.63, 3.8) is 0 Å². The van der Waals surface area contributed by atoms with Gasteiger partial charge in [0, 0.05) is 22.3 Å². The Hall–Kier alpha value is -1.65. The molecule has 1 heterocycles. The van der Waals surface area contributed by atoms with E-state index in [1.807, 2.05) is 26.0 Å². The van der Waals surface area contributed by atoms with Gasteiger partial charge in [0.05, 0.1) is 5.56 Å². The molecule has 118 valence electrons. The topological polar surface area (TPSA) is 32.3 Å². The quantitative estimate of drug-likeness (QED) is 0.887. The fourth-order valence-electron chi connectivity index (χ4n) is 2.49. The summed E-state index contributed by atoms with van der Waals surface area (Å²) < 4.78 is 0. The van der Waals surface area contributed by atoms with Crippen LogP contribution in [0.25, 0.3) is 0 Å². The number of benzene rings is 1. The molecule has 2 rings (SSSR count). The first-order chi connectivity index (χ1) is 10.5. The number of thiophene rings is 1. The highest BCUT2D eigenvalue weighted by molar-refractivity contribution is 7.12. The van der Waals surface area contributed by atoms with Crippen molar-refractivity contribution in [2.75, 3.05) is 20.6 Å². The average molecular weight is 316 g/mol. The molecule has 3 nitrogen and oxygen atoms in total. The van der Waals surface area contributed by atoms with E-state index in [1.54, 1.807) is 11.3 Å². The normalized spacial score (nSPS) is 12.4. The second-order valence-electron chi connectivity index (χ2n) is 5.84. The van der Waals surface area contributed by atoms with Crippen LogP contribution in [-0.2, 0) is 6.42 Å². The summed E-state index contributed by atoms with van der Waals surface area (Å²) in [7, 11) is 4.11. The molecule has 4 heteroatoms. The minimum atomic E-state index is 0.0294. The van der Waals surface area contributed by atoms with Gasteiger partial charge in [0.25, 0.3) is 5.91 Å². The van der Waals surface area contributed by atoms with E-state index in [4.69, 9.17) is 0 Å². The number of carbonyl (C=O) groups excluding carboxylic acids is 1. The summed E-state index contributed by atoms with van der Waals surface area (Å²) in [5.41, 5.74) is 2.10. The molecule has 0 aliphatic rings. The Morgan fingerprint density at radius 3 is 2.45 bits per heavy atom. The number of nitrogens with one attached hydrogen (secondary N) is 1. The van der Waals surface area contributed by atoms with E-state index < -0.39 is 0 Å². The average Bonchev–Trinajstić information content (AvgIpc) is 2.82. The highest BCUT2D eigenvalue weighted by Crippen LogP contribution is 2.20. The standard InChI is InChI=1S/C18H24N2OS/c1-13-10-17(14(2)22-13)18(21)19-12-16(20(3)4)11-15-8-6-5-7-9-15/h5-10,16H,11-12H2,1-4H3,(H,19,21). The predicted octanol–water partition coefficient (Wildman–Crippen LogP) is 3.27. The maximum absolute atomic E-state index is 12.3. The maximum atomic E-state index is 12.3. The van der Waals surface area contributed by atoms with Crippen molar-refractivity contribution in [3.8, 4) is 0 Å². The van der Waals surface area contributed by atoms with Crippen molar-refractivity contribution in [1.29, 1.82) is 0 Å². The summed E-state index contributed by atoms with van der Waals surface area (Å²) in [5.74, 6) is 0.0294. The molecule has 1 unspecified atom stereocenters. The van der Waals surface area contributed by atoms with Gasteiger partial charge in [-0.1, -0.05) is 30.3 Å². The number of hydrogen-bond donors (Lipinski definition) is 1. The van der Waals surface area contributed by atoms with Crippen LogP contribution in [-0.4, -0.2) is 37.5 Å². The predicted molar refractivity (Wildman–Crippen MR) is 93.7 cm³/mol. The van der Waals surface area contributed by atoms with Crippen molar-refractivity contribution >= 4 is 17.2 Å². The third kappa shape index (κ3) is 4.42. The Labute approximate surface area is 137 Å². The molecule has 1 aromatic carbocycles. The maximum Gasteiger partial charge on any atom is 0.252 e. The number of hydrogen-bond acceptors (Lipinski definition) is 3. The summed E-state index contributed by atoms with van der Waals surface area (Å²) in [6.45, 7) is 4.68. The lowest BCUT2D eigenvalue weighted by Gasteiger charge is -2.24. The summed E-state index contributed by atoms with van der Waals surface area (Å²) in [5, 5.41) is 3.08. The van der Waals surface area contributed by atoms with Crippen LogP contribution in [0.1, 0.15) is 25.7 Å². The molecule has 0 aliphatic carbocycles. The smallest absolute Gasteiger partial charge is 0.252 e. The van der Waals surface area contributed by atoms with E-state index in [9.17, 15) is 4.79 Å². The Morgan fingerprint density at radius 2 is 1.91 bits per heavy atom. The van der Waals surface area contributed by atoms with Crippen LogP contribution < -0.4 is 5.32 Å². The highest BCUT2D eigenvalue weighted by atomic mass is 32.1. The van der Waals surface area contributed by atoms with Crippen molar-refractivity contribution in [1.82, 2.24) is 10.2 Å². The lowest BCUT2D eigenvalue weighted by atomic mass is 10.1. The van der Waals surface area contributed by atoms with Crippen LogP contribution in [0.15, 0.2) is 36.4 Å².